The first-order valence-corrected chi connectivity index (χ1v) is 6.85. The van der Waals surface area contributed by atoms with Crippen molar-refractivity contribution in [3.8, 4) is 5.75 Å². The van der Waals surface area contributed by atoms with E-state index >= 15 is 0 Å². The summed E-state index contributed by atoms with van der Waals surface area (Å²) < 4.78 is 10.8. The van der Waals surface area contributed by atoms with Crippen molar-refractivity contribution in [2.75, 3.05) is 13.2 Å². The highest BCUT2D eigenvalue weighted by molar-refractivity contribution is 5.81. The zero-order chi connectivity index (χ0) is 13.7. The number of hydrogen-bond donors (Lipinski definition) is 1. The van der Waals surface area contributed by atoms with Gasteiger partial charge in [0.15, 0.2) is 0 Å². The summed E-state index contributed by atoms with van der Waals surface area (Å²) in [7, 11) is 0. The molecule has 1 aliphatic rings. The predicted octanol–water partition coefficient (Wildman–Crippen LogP) is 2.44. The largest absolute Gasteiger partial charge is 0.494 e. The van der Waals surface area contributed by atoms with Crippen LogP contribution in [0.1, 0.15) is 38.3 Å². The SMILES string of the molecule is CCOc1ccc([C@@H](C)NC(=O)[C@H]2CCCO2)cc1. The average Bonchev–Trinajstić information content (AvgIpc) is 2.94. The summed E-state index contributed by atoms with van der Waals surface area (Å²) in [6, 6.07) is 7.78. The first-order chi connectivity index (χ1) is 9.20. The van der Waals surface area contributed by atoms with Gasteiger partial charge in [0.1, 0.15) is 11.9 Å². The molecule has 1 amide bonds. The summed E-state index contributed by atoms with van der Waals surface area (Å²) in [5.41, 5.74) is 1.06. The zero-order valence-electron chi connectivity index (χ0n) is 11.5. The fourth-order valence-corrected chi connectivity index (χ4v) is 2.19. The lowest BCUT2D eigenvalue weighted by atomic mass is 10.1. The van der Waals surface area contributed by atoms with E-state index in [0.717, 1.165) is 24.2 Å². The van der Waals surface area contributed by atoms with Crippen LogP contribution in [-0.4, -0.2) is 25.2 Å². The van der Waals surface area contributed by atoms with Gasteiger partial charge in [-0.2, -0.15) is 0 Å². The molecule has 0 aromatic heterocycles. The third-order valence-electron chi connectivity index (χ3n) is 3.27. The number of nitrogens with one attached hydrogen (secondary N) is 1. The number of rotatable bonds is 5. The predicted molar refractivity (Wildman–Crippen MR) is 73.1 cm³/mol. The molecule has 1 saturated heterocycles. The van der Waals surface area contributed by atoms with Crippen molar-refractivity contribution in [2.45, 2.75) is 38.8 Å². The monoisotopic (exact) mass is 263 g/mol. The van der Waals surface area contributed by atoms with Crippen LogP contribution in [0.4, 0.5) is 0 Å². The van der Waals surface area contributed by atoms with Crippen molar-refractivity contribution < 1.29 is 14.3 Å². The number of carbonyl (C=O) groups excluding carboxylic acids is 1. The highest BCUT2D eigenvalue weighted by atomic mass is 16.5. The second kappa shape index (κ2) is 6.57. The van der Waals surface area contributed by atoms with Crippen LogP contribution in [0.15, 0.2) is 24.3 Å². The van der Waals surface area contributed by atoms with Crippen LogP contribution in [0.25, 0.3) is 0 Å². The maximum atomic E-state index is 11.9. The fourth-order valence-electron chi connectivity index (χ4n) is 2.19. The van der Waals surface area contributed by atoms with Gasteiger partial charge < -0.3 is 14.8 Å². The molecule has 0 unspecified atom stereocenters. The second-order valence-electron chi connectivity index (χ2n) is 4.73. The Hall–Kier alpha value is -1.55. The molecule has 4 heteroatoms. The molecule has 2 rings (SSSR count). The molecule has 1 fully saturated rings. The minimum atomic E-state index is -0.273. The van der Waals surface area contributed by atoms with Gasteiger partial charge in [0.05, 0.1) is 12.6 Å². The molecular weight excluding hydrogens is 242 g/mol. The Balaban J connectivity index is 1.91. The molecule has 0 spiro atoms. The van der Waals surface area contributed by atoms with Crippen molar-refractivity contribution in [2.24, 2.45) is 0 Å². The van der Waals surface area contributed by atoms with Crippen LogP contribution >= 0.6 is 0 Å². The number of ether oxygens (including phenoxy) is 2. The van der Waals surface area contributed by atoms with Gasteiger partial charge in [-0.1, -0.05) is 12.1 Å². The Labute approximate surface area is 114 Å². The molecule has 1 aromatic rings. The lowest BCUT2D eigenvalue weighted by Crippen LogP contribution is -2.35. The summed E-state index contributed by atoms with van der Waals surface area (Å²) in [6.45, 7) is 5.28. The van der Waals surface area contributed by atoms with Crippen molar-refractivity contribution in [3.05, 3.63) is 29.8 Å². The van der Waals surface area contributed by atoms with Crippen LogP contribution in [0, 0.1) is 0 Å². The van der Waals surface area contributed by atoms with Crippen molar-refractivity contribution >= 4 is 5.91 Å². The number of hydrogen-bond acceptors (Lipinski definition) is 3. The van der Waals surface area contributed by atoms with Gasteiger partial charge in [0, 0.05) is 6.61 Å². The lowest BCUT2D eigenvalue weighted by molar-refractivity contribution is -0.130. The van der Waals surface area contributed by atoms with Gasteiger partial charge >= 0.3 is 0 Å². The van der Waals surface area contributed by atoms with Crippen molar-refractivity contribution in [1.82, 2.24) is 5.32 Å². The van der Waals surface area contributed by atoms with E-state index < -0.39 is 0 Å². The topological polar surface area (TPSA) is 47.6 Å². The molecule has 104 valence electrons. The van der Waals surface area contributed by atoms with Gasteiger partial charge in [-0.3, -0.25) is 4.79 Å². The summed E-state index contributed by atoms with van der Waals surface area (Å²) in [5, 5.41) is 2.98. The lowest BCUT2D eigenvalue weighted by Gasteiger charge is -2.17. The first kappa shape index (κ1) is 13.9. The Morgan fingerprint density at radius 1 is 1.47 bits per heavy atom. The Morgan fingerprint density at radius 2 is 2.21 bits per heavy atom. The second-order valence-corrected chi connectivity index (χ2v) is 4.73. The number of amides is 1. The van der Waals surface area contributed by atoms with Crippen molar-refractivity contribution in [3.63, 3.8) is 0 Å². The van der Waals surface area contributed by atoms with Crippen LogP contribution < -0.4 is 10.1 Å². The molecule has 19 heavy (non-hydrogen) atoms. The summed E-state index contributed by atoms with van der Waals surface area (Å²) >= 11 is 0. The highest BCUT2D eigenvalue weighted by Crippen LogP contribution is 2.19. The Kier molecular flexibility index (Phi) is 4.80. The van der Waals surface area contributed by atoms with E-state index in [1.165, 1.54) is 0 Å². The Morgan fingerprint density at radius 3 is 2.79 bits per heavy atom. The van der Waals surface area contributed by atoms with E-state index in [4.69, 9.17) is 9.47 Å². The number of carbonyl (C=O) groups is 1. The van der Waals surface area contributed by atoms with Crippen molar-refractivity contribution in [1.29, 1.82) is 0 Å². The van der Waals surface area contributed by atoms with Gasteiger partial charge in [-0.15, -0.1) is 0 Å². The summed E-state index contributed by atoms with van der Waals surface area (Å²) in [6.07, 6.45) is 1.52. The molecule has 1 aliphatic heterocycles. The van der Waals surface area contributed by atoms with E-state index in [1.54, 1.807) is 0 Å². The number of benzene rings is 1. The molecule has 1 heterocycles. The van der Waals surface area contributed by atoms with Crippen LogP contribution in [0.5, 0.6) is 5.75 Å². The molecule has 1 N–H and O–H groups in total. The molecule has 0 saturated carbocycles. The van der Waals surface area contributed by atoms with E-state index in [2.05, 4.69) is 5.32 Å². The highest BCUT2D eigenvalue weighted by Gasteiger charge is 2.24. The zero-order valence-corrected chi connectivity index (χ0v) is 11.5. The van der Waals surface area contributed by atoms with Gasteiger partial charge in [-0.25, -0.2) is 0 Å². The third-order valence-corrected chi connectivity index (χ3v) is 3.27. The van der Waals surface area contributed by atoms with Crippen LogP contribution in [0.2, 0.25) is 0 Å². The van der Waals surface area contributed by atoms with E-state index in [0.29, 0.717) is 13.2 Å². The molecule has 4 nitrogen and oxygen atoms in total. The normalized spacial score (nSPS) is 20.0. The van der Waals surface area contributed by atoms with Crippen LogP contribution in [-0.2, 0) is 9.53 Å². The quantitative estimate of drug-likeness (QED) is 0.887. The van der Waals surface area contributed by atoms with Gasteiger partial charge in [0.25, 0.3) is 0 Å². The van der Waals surface area contributed by atoms with Gasteiger partial charge in [-0.05, 0) is 44.4 Å². The fraction of sp³-hybridized carbons (Fsp3) is 0.533. The molecule has 0 aliphatic carbocycles. The maximum absolute atomic E-state index is 11.9. The van der Waals surface area contributed by atoms with E-state index in [1.807, 2.05) is 38.1 Å². The summed E-state index contributed by atoms with van der Waals surface area (Å²) in [4.78, 5) is 11.9. The minimum Gasteiger partial charge on any atom is -0.494 e. The van der Waals surface area contributed by atoms with E-state index in [-0.39, 0.29) is 18.1 Å². The van der Waals surface area contributed by atoms with E-state index in [9.17, 15) is 4.79 Å². The molecule has 2 atom stereocenters. The standard InChI is InChI=1S/C15H21NO3/c1-3-18-13-8-6-12(7-9-13)11(2)16-15(17)14-5-4-10-19-14/h6-9,11,14H,3-5,10H2,1-2H3,(H,16,17)/t11-,14-/m1/s1. The first-order valence-electron chi connectivity index (χ1n) is 6.85. The van der Waals surface area contributed by atoms with Crippen LogP contribution in [0.3, 0.4) is 0 Å². The average molecular weight is 263 g/mol. The minimum absolute atomic E-state index is 0.0149. The molecule has 0 bridgehead atoms. The van der Waals surface area contributed by atoms with Gasteiger partial charge in [0.2, 0.25) is 5.91 Å². The molecule has 0 radical (unpaired) electrons. The Bertz CT molecular complexity index is 410. The maximum Gasteiger partial charge on any atom is 0.249 e. The molecular formula is C15H21NO3. The molecule has 1 aromatic carbocycles. The summed E-state index contributed by atoms with van der Waals surface area (Å²) in [5.74, 6) is 0.836. The smallest absolute Gasteiger partial charge is 0.249 e. The third kappa shape index (κ3) is 3.70.